The van der Waals surface area contributed by atoms with Gasteiger partial charge in [-0.25, -0.2) is 14.2 Å². The number of hydrogen-bond acceptors (Lipinski definition) is 4. The molecular formula is C18H16N6O. The highest BCUT2D eigenvalue weighted by atomic mass is 16.1. The number of fused-ring (bicyclic) bond motifs is 1. The molecule has 3 aromatic heterocycles. The van der Waals surface area contributed by atoms with Crippen molar-refractivity contribution in [2.24, 2.45) is 0 Å². The second-order valence-corrected chi connectivity index (χ2v) is 5.66. The first-order chi connectivity index (χ1) is 12.2. The minimum atomic E-state index is -0.196. The third-order valence-electron chi connectivity index (χ3n) is 3.91. The smallest absolute Gasteiger partial charge is 0.257 e. The molecule has 7 heteroatoms. The maximum Gasteiger partial charge on any atom is 0.257 e. The van der Waals surface area contributed by atoms with Gasteiger partial charge in [0.25, 0.3) is 5.91 Å². The number of rotatable bonds is 4. The van der Waals surface area contributed by atoms with Gasteiger partial charge in [-0.2, -0.15) is 10.2 Å². The van der Waals surface area contributed by atoms with Gasteiger partial charge in [-0.15, -0.1) is 0 Å². The summed E-state index contributed by atoms with van der Waals surface area (Å²) in [6, 6.07) is 11.6. The highest BCUT2D eigenvalue weighted by Gasteiger charge is 2.17. The van der Waals surface area contributed by atoms with Crippen LogP contribution >= 0.6 is 0 Å². The number of nitrogens with zero attached hydrogens (tertiary/aromatic N) is 5. The molecule has 3 heterocycles. The zero-order valence-electron chi connectivity index (χ0n) is 13.6. The molecule has 0 aliphatic carbocycles. The molecule has 0 unspecified atom stereocenters. The number of benzene rings is 1. The number of hydrogen-bond donors (Lipinski definition) is 1. The Morgan fingerprint density at radius 3 is 2.88 bits per heavy atom. The first-order valence-electron chi connectivity index (χ1n) is 7.89. The summed E-state index contributed by atoms with van der Waals surface area (Å²) >= 11 is 0. The normalized spacial score (nSPS) is 10.9. The average Bonchev–Trinajstić information content (AvgIpc) is 3.24. The fourth-order valence-electron chi connectivity index (χ4n) is 2.71. The Bertz CT molecular complexity index is 1030. The van der Waals surface area contributed by atoms with Crippen molar-refractivity contribution in [1.82, 2.24) is 29.7 Å². The van der Waals surface area contributed by atoms with Crippen LogP contribution in [0.5, 0.6) is 0 Å². The van der Waals surface area contributed by atoms with Gasteiger partial charge in [-0.3, -0.25) is 4.79 Å². The summed E-state index contributed by atoms with van der Waals surface area (Å²) in [6.45, 7) is 2.19. The standard InChI is InChI=1S/C18H16N6O/c1-13-16(17-19-8-5-9-23(17)22-13)18(25)20-10-14-11-21-24(12-14)15-6-3-2-4-7-15/h2-9,11-12H,10H2,1H3,(H,20,25). The second-order valence-electron chi connectivity index (χ2n) is 5.66. The number of aryl methyl sites for hydroxylation is 1. The van der Waals surface area contributed by atoms with E-state index in [4.69, 9.17) is 0 Å². The van der Waals surface area contributed by atoms with Gasteiger partial charge in [0, 0.05) is 30.7 Å². The molecule has 1 N–H and O–H groups in total. The maximum atomic E-state index is 12.6. The predicted octanol–water partition coefficient (Wildman–Crippen LogP) is 2.15. The summed E-state index contributed by atoms with van der Waals surface area (Å²) in [5.41, 5.74) is 3.59. The number of carbonyl (C=O) groups is 1. The fourth-order valence-corrected chi connectivity index (χ4v) is 2.71. The molecule has 0 atom stereocenters. The third-order valence-corrected chi connectivity index (χ3v) is 3.91. The van der Waals surface area contributed by atoms with Crippen LogP contribution < -0.4 is 5.32 Å². The lowest BCUT2D eigenvalue weighted by Gasteiger charge is -2.03. The first-order valence-corrected chi connectivity index (χ1v) is 7.89. The largest absolute Gasteiger partial charge is 0.348 e. The van der Waals surface area contributed by atoms with Gasteiger partial charge in [0.1, 0.15) is 5.56 Å². The predicted molar refractivity (Wildman–Crippen MR) is 92.5 cm³/mol. The van der Waals surface area contributed by atoms with Gasteiger partial charge in [-0.05, 0) is 25.1 Å². The van der Waals surface area contributed by atoms with E-state index in [1.807, 2.05) is 36.5 Å². The number of para-hydroxylation sites is 1. The first kappa shape index (κ1) is 15.1. The molecule has 1 amide bonds. The summed E-state index contributed by atoms with van der Waals surface area (Å²) in [5.74, 6) is -0.196. The monoisotopic (exact) mass is 332 g/mol. The molecule has 0 saturated heterocycles. The molecule has 0 radical (unpaired) electrons. The van der Waals surface area contributed by atoms with Crippen molar-refractivity contribution in [3.63, 3.8) is 0 Å². The molecule has 0 fully saturated rings. The summed E-state index contributed by atoms with van der Waals surface area (Å²) in [5, 5.41) is 11.6. The van der Waals surface area contributed by atoms with Crippen molar-refractivity contribution in [1.29, 1.82) is 0 Å². The van der Waals surface area contributed by atoms with E-state index in [-0.39, 0.29) is 5.91 Å². The SMILES string of the molecule is Cc1nn2cccnc2c1C(=O)NCc1cnn(-c2ccccc2)c1. The Morgan fingerprint density at radius 2 is 2.04 bits per heavy atom. The molecule has 4 rings (SSSR count). The van der Waals surface area contributed by atoms with Crippen molar-refractivity contribution >= 4 is 11.6 Å². The molecule has 0 spiro atoms. The zero-order valence-corrected chi connectivity index (χ0v) is 13.6. The average molecular weight is 332 g/mol. The molecule has 0 aliphatic rings. The van der Waals surface area contributed by atoms with Gasteiger partial charge in [0.15, 0.2) is 5.65 Å². The minimum Gasteiger partial charge on any atom is -0.348 e. The van der Waals surface area contributed by atoms with Crippen LogP contribution in [0, 0.1) is 6.92 Å². The Labute approximate surface area is 143 Å². The molecular weight excluding hydrogens is 316 g/mol. The van der Waals surface area contributed by atoms with Crippen molar-refractivity contribution in [2.75, 3.05) is 0 Å². The van der Waals surface area contributed by atoms with Crippen LogP contribution in [0.15, 0.2) is 61.2 Å². The van der Waals surface area contributed by atoms with Gasteiger partial charge >= 0.3 is 0 Å². The summed E-state index contributed by atoms with van der Waals surface area (Å²) in [7, 11) is 0. The van der Waals surface area contributed by atoms with Crippen LogP contribution in [-0.2, 0) is 6.54 Å². The lowest BCUT2D eigenvalue weighted by molar-refractivity contribution is 0.0951. The van der Waals surface area contributed by atoms with Crippen LogP contribution in [0.2, 0.25) is 0 Å². The van der Waals surface area contributed by atoms with Gasteiger partial charge < -0.3 is 5.32 Å². The number of carbonyl (C=O) groups excluding carboxylic acids is 1. The van der Waals surface area contributed by atoms with Crippen LogP contribution in [0.3, 0.4) is 0 Å². The molecule has 0 bridgehead atoms. The van der Waals surface area contributed by atoms with Crippen LogP contribution in [-0.4, -0.2) is 30.3 Å². The van der Waals surface area contributed by atoms with Gasteiger partial charge in [0.05, 0.1) is 17.6 Å². The Morgan fingerprint density at radius 1 is 1.20 bits per heavy atom. The highest BCUT2D eigenvalue weighted by molar-refractivity contribution is 6.00. The van der Waals surface area contributed by atoms with E-state index >= 15 is 0 Å². The topological polar surface area (TPSA) is 77.1 Å². The van der Waals surface area contributed by atoms with E-state index in [0.717, 1.165) is 11.3 Å². The van der Waals surface area contributed by atoms with E-state index in [1.165, 1.54) is 0 Å². The molecule has 25 heavy (non-hydrogen) atoms. The van der Waals surface area contributed by atoms with Crippen LogP contribution in [0.1, 0.15) is 21.6 Å². The van der Waals surface area contributed by atoms with E-state index in [1.54, 1.807) is 40.8 Å². The fraction of sp³-hybridized carbons (Fsp3) is 0.111. The van der Waals surface area contributed by atoms with Crippen molar-refractivity contribution in [2.45, 2.75) is 13.5 Å². The van der Waals surface area contributed by atoms with Crippen molar-refractivity contribution in [3.05, 3.63) is 78.0 Å². The van der Waals surface area contributed by atoms with E-state index in [9.17, 15) is 4.79 Å². The van der Waals surface area contributed by atoms with E-state index < -0.39 is 0 Å². The second kappa shape index (κ2) is 6.20. The highest BCUT2D eigenvalue weighted by Crippen LogP contribution is 2.13. The van der Waals surface area contributed by atoms with Crippen LogP contribution in [0.25, 0.3) is 11.3 Å². The van der Waals surface area contributed by atoms with Crippen molar-refractivity contribution < 1.29 is 4.79 Å². The van der Waals surface area contributed by atoms with Gasteiger partial charge in [-0.1, -0.05) is 18.2 Å². The molecule has 1 aromatic carbocycles. The zero-order chi connectivity index (χ0) is 17.2. The lowest BCUT2D eigenvalue weighted by Crippen LogP contribution is -2.23. The minimum absolute atomic E-state index is 0.196. The maximum absolute atomic E-state index is 12.6. The molecule has 0 saturated carbocycles. The Hall–Kier alpha value is -3.48. The van der Waals surface area contributed by atoms with Crippen LogP contribution in [0.4, 0.5) is 0 Å². The lowest BCUT2D eigenvalue weighted by atomic mass is 10.2. The molecule has 7 nitrogen and oxygen atoms in total. The quantitative estimate of drug-likeness (QED) is 0.621. The van der Waals surface area contributed by atoms with Crippen molar-refractivity contribution in [3.8, 4) is 5.69 Å². The number of amides is 1. The molecule has 4 aromatic rings. The van der Waals surface area contributed by atoms with Gasteiger partial charge in [0.2, 0.25) is 0 Å². The third kappa shape index (κ3) is 2.87. The molecule has 124 valence electrons. The Balaban J connectivity index is 1.51. The number of aromatic nitrogens is 5. The number of nitrogens with one attached hydrogen (secondary N) is 1. The summed E-state index contributed by atoms with van der Waals surface area (Å²) in [6.07, 6.45) is 7.07. The Kier molecular flexibility index (Phi) is 3.74. The van der Waals surface area contributed by atoms with E-state index in [0.29, 0.717) is 23.4 Å². The summed E-state index contributed by atoms with van der Waals surface area (Å²) in [4.78, 5) is 16.8. The summed E-state index contributed by atoms with van der Waals surface area (Å²) < 4.78 is 3.39. The van der Waals surface area contributed by atoms with E-state index in [2.05, 4.69) is 20.5 Å². The molecule has 0 aliphatic heterocycles.